The lowest BCUT2D eigenvalue weighted by atomic mass is 9.84. The van der Waals surface area contributed by atoms with Gasteiger partial charge in [-0.15, -0.1) is 0 Å². The summed E-state index contributed by atoms with van der Waals surface area (Å²) < 4.78 is 0. The topological polar surface area (TPSA) is 41.1 Å². The van der Waals surface area contributed by atoms with Crippen molar-refractivity contribution >= 4 is 17.3 Å². The maximum absolute atomic E-state index is 11.4. The predicted octanol–water partition coefficient (Wildman–Crippen LogP) is 3.95. The van der Waals surface area contributed by atoms with Crippen LogP contribution >= 0.6 is 0 Å². The van der Waals surface area contributed by atoms with E-state index in [2.05, 4.69) is 29.7 Å². The smallest absolute Gasteiger partial charge is 0.224 e. The molecule has 1 unspecified atom stereocenters. The summed E-state index contributed by atoms with van der Waals surface area (Å²) in [6.45, 7) is 2.30. The Bertz CT molecular complexity index is 492. The third kappa shape index (κ3) is 2.97. The van der Waals surface area contributed by atoms with Gasteiger partial charge in [-0.3, -0.25) is 4.79 Å². The van der Waals surface area contributed by atoms with Crippen LogP contribution in [0.3, 0.4) is 0 Å². The molecule has 3 heteroatoms. The Morgan fingerprint density at radius 1 is 1.20 bits per heavy atom. The van der Waals surface area contributed by atoms with Crippen molar-refractivity contribution in [2.75, 3.05) is 10.6 Å². The number of nitrogens with one attached hydrogen (secondary N) is 2. The van der Waals surface area contributed by atoms with E-state index in [0.29, 0.717) is 12.5 Å². The fourth-order valence-electron chi connectivity index (χ4n) is 3.49. The van der Waals surface area contributed by atoms with Crippen LogP contribution < -0.4 is 10.6 Å². The Morgan fingerprint density at radius 2 is 2.00 bits per heavy atom. The fraction of sp³-hybridized carbons (Fsp3) is 0.588. The molecule has 1 aromatic rings. The maximum Gasteiger partial charge on any atom is 0.224 e. The van der Waals surface area contributed by atoms with E-state index in [1.807, 2.05) is 6.07 Å². The molecule has 1 fully saturated rings. The summed E-state index contributed by atoms with van der Waals surface area (Å²) in [7, 11) is 0. The number of hydrogen-bond acceptors (Lipinski definition) is 2. The van der Waals surface area contributed by atoms with Crippen LogP contribution in [0.2, 0.25) is 0 Å². The molecule has 1 amide bonds. The maximum atomic E-state index is 11.4. The highest BCUT2D eigenvalue weighted by Crippen LogP contribution is 2.30. The minimum absolute atomic E-state index is 0.133. The molecule has 1 aromatic carbocycles. The van der Waals surface area contributed by atoms with Crippen LogP contribution in [-0.2, 0) is 11.2 Å². The first-order chi connectivity index (χ1) is 9.72. The molecule has 1 aliphatic heterocycles. The van der Waals surface area contributed by atoms with Gasteiger partial charge in [-0.2, -0.15) is 0 Å². The van der Waals surface area contributed by atoms with Crippen LogP contribution in [0.4, 0.5) is 11.4 Å². The van der Waals surface area contributed by atoms with Gasteiger partial charge in [0.2, 0.25) is 5.91 Å². The van der Waals surface area contributed by atoms with Gasteiger partial charge in [0.25, 0.3) is 0 Å². The first-order valence-electron chi connectivity index (χ1n) is 7.92. The summed E-state index contributed by atoms with van der Waals surface area (Å²) in [5, 5.41) is 6.60. The molecule has 0 aromatic heterocycles. The summed E-state index contributed by atoms with van der Waals surface area (Å²) in [6, 6.07) is 6.85. The Kier molecular flexibility index (Phi) is 3.95. The standard InChI is InChI=1S/C17H24N2O/c1-12(13-5-3-2-4-6-13)18-15-8-9-16-14(11-15)7-10-17(20)19-16/h8-9,11-13,18H,2-7,10H2,1H3,(H,19,20). The van der Waals surface area contributed by atoms with Crippen molar-refractivity contribution in [3.8, 4) is 0 Å². The molecule has 0 bridgehead atoms. The molecule has 1 heterocycles. The summed E-state index contributed by atoms with van der Waals surface area (Å²) in [6.07, 6.45) is 8.34. The molecular weight excluding hydrogens is 248 g/mol. The number of anilines is 2. The number of fused-ring (bicyclic) bond motifs is 1. The number of carbonyl (C=O) groups excluding carboxylic acids is 1. The van der Waals surface area contributed by atoms with E-state index in [0.717, 1.165) is 18.0 Å². The van der Waals surface area contributed by atoms with Gasteiger partial charge in [-0.1, -0.05) is 19.3 Å². The SMILES string of the molecule is CC(Nc1ccc2c(c1)CCC(=O)N2)C1CCCCC1. The minimum Gasteiger partial charge on any atom is -0.382 e. The highest BCUT2D eigenvalue weighted by Gasteiger charge is 2.20. The Morgan fingerprint density at radius 3 is 2.80 bits per heavy atom. The van der Waals surface area contributed by atoms with Crippen LogP contribution in [0.1, 0.15) is 51.0 Å². The number of carbonyl (C=O) groups is 1. The largest absolute Gasteiger partial charge is 0.382 e. The van der Waals surface area contributed by atoms with Crippen molar-refractivity contribution in [3.63, 3.8) is 0 Å². The van der Waals surface area contributed by atoms with E-state index in [1.165, 1.54) is 43.4 Å². The van der Waals surface area contributed by atoms with E-state index in [4.69, 9.17) is 0 Å². The van der Waals surface area contributed by atoms with Gasteiger partial charge < -0.3 is 10.6 Å². The monoisotopic (exact) mass is 272 g/mol. The van der Waals surface area contributed by atoms with Crippen LogP contribution in [0, 0.1) is 5.92 Å². The zero-order valence-corrected chi connectivity index (χ0v) is 12.2. The molecule has 1 saturated carbocycles. The van der Waals surface area contributed by atoms with Gasteiger partial charge in [0.05, 0.1) is 0 Å². The number of benzene rings is 1. The quantitative estimate of drug-likeness (QED) is 0.874. The second kappa shape index (κ2) is 5.86. The second-order valence-corrected chi connectivity index (χ2v) is 6.25. The van der Waals surface area contributed by atoms with Crippen molar-refractivity contribution in [1.29, 1.82) is 0 Å². The molecule has 20 heavy (non-hydrogen) atoms. The lowest BCUT2D eigenvalue weighted by Gasteiger charge is -2.29. The fourth-order valence-corrected chi connectivity index (χ4v) is 3.49. The molecule has 1 aliphatic carbocycles. The van der Waals surface area contributed by atoms with Gasteiger partial charge in [0, 0.05) is 23.8 Å². The van der Waals surface area contributed by atoms with Crippen molar-refractivity contribution in [3.05, 3.63) is 23.8 Å². The molecular formula is C17H24N2O. The van der Waals surface area contributed by atoms with E-state index < -0.39 is 0 Å². The number of hydrogen-bond donors (Lipinski definition) is 2. The average Bonchev–Trinajstić information content (AvgIpc) is 2.48. The first-order valence-corrected chi connectivity index (χ1v) is 7.92. The summed E-state index contributed by atoms with van der Waals surface area (Å²) in [4.78, 5) is 11.4. The van der Waals surface area contributed by atoms with Gasteiger partial charge in [-0.25, -0.2) is 0 Å². The van der Waals surface area contributed by atoms with Crippen LogP contribution in [0.15, 0.2) is 18.2 Å². The van der Waals surface area contributed by atoms with E-state index >= 15 is 0 Å². The molecule has 1 atom stereocenters. The first kappa shape index (κ1) is 13.5. The molecule has 0 saturated heterocycles. The van der Waals surface area contributed by atoms with Gasteiger partial charge in [-0.05, 0) is 55.9 Å². The van der Waals surface area contributed by atoms with Crippen molar-refractivity contribution < 1.29 is 4.79 Å². The Balaban J connectivity index is 1.67. The number of aryl methyl sites for hydroxylation is 1. The van der Waals surface area contributed by atoms with Gasteiger partial charge in [0.1, 0.15) is 0 Å². The average molecular weight is 272 g/mol. The molecule has 3 nitrogen and oxygen atoms in total. The lowest BCUT2D eigenvalue weighted by molar-refractivity contribution is -0.116. The zero-order chi connectivity index (χ0) is 13.9. The number of rotatable bonds is 3. The van der Waals surface area contributed by atoms with Crippen LogP contribution in [0.25, 0.3) is 0 Å². The van der Waals surface area contributed by atoms with E-state index in [1.54, 1.807) is 0 Å². The van der Waals surface area contributed by atoms with Crippen molar-refractivity contribution in [2.24, 2.45) is 5.92 Å². The molecule has 0 radical (unpaired) electrons. The molecule has 0 spiro atoms. The lowest BCUT2D eigenvalue weighted by Crippen LogP contribution is -2.28. The third-order valence-electron chi connectivity index (χ3n) is 4.75. The summed E-state index contributed by atoms with van der Waals surface area (Å²) in [5.41, 5.74) is 3.43. The molecule has 2 aliphatic rings. The molecule has 2 N–H and O–H groups in total. The van der Waals surface area contributed by atoms with E-state index in [9.17, 15) is 4.79 Å². The summed E-state index contributed by atoms with van der Waals surface area (Å²) in [5.74, 6) is 0.938. The zero-order valence-electron chi connectivity index (χ0n) is 12.2. The van der Waals surface area contributed by atoms with Crippen LogP contribution in [-0.4, -0.2) is 11.9 Å². The molecule has 108 valence electrons. The number of amides is 1. The molecule has 3 rings (SSSR count). The van der Waals surface area contributed by atoms with Gasteiger partial charge in [0.15, 0.2) is 0 Å². The van der Waals surface area contributed by atoms with Crippen molar-refractivity contribution in [2.45, 2.75) is 57.9 Å². The highest BCUT2D eigenvalue weighted by atomic mass is 16.1. The minimum atomic E-state index is 0.133. The Hall–Kier alpha value is -1.51. The van der Waals surface area contributed by atoms with Gasteiger partial charge >= 0.3 is 0 Å². The second-order valence-electron chi connectivity index (χ2n) is 6.25. The third-order valence-corrected chi connectivity index (χ3v) is 4.75. The van der Waals surface area contributed by atoms with E-state index in [-0.39, 0.29) is 5.91 Å². The highest BCUT2D eigenvalue weighted by molar-refractivity contribution is 5.94. The predicted molar refractivity (Wildman–Crippen MR) is 83.1 cm³/mol. The summed E-state index contributed by atoms with van der Waals surface area (Å²) >= 11 is 0. The normalized spacial score (nSPS) is 20.9. The Labute approximate surface area is 121 Å². The van der Waals surface area contributed by atoms with Crippen molar-refractivity contribution in [1.82, 2.24) is 0 Å². The van der Waals surface area contributed by atoms with Crippen LogP contribution in [0.5, 0.6) is 0 Å².